The van der Waals surface area contributed by atoms with Crippen LogP contribution in [0.4, 0.5) is 11.6 Å². The average molecular weight is 477 g/mol. The lowest BCUT2D eigenvalue weighted by atomic mass is 10.2. The van der Waals surface area contributed by atoms with Crippen LogP contribution in [0.1, 0.15) is 23.2 Å². The Morgan fingerprint density at radius 3 is 2.70 bits per heavy atom. The Bertz CT molecular complexity index is 1190. The van der Waals surface area contributed by atoms with Crippen molar-refractivity contribution >= 4 is 35.2 Å². The molecule has 1 aliphatic rings. The van der Waals surface area contributed by atoms with Gasteiger partial charge in [0.1, 0.15) is 16.6 Å². The molecule has 0 radical (unpaired) electrons. The second-order valence-electron chi connectivity index (χ2n) is 7.72. The highest BCUT2D eigenvalue weighted by Gasteiger charge is 2.37. The van der Waals surface area contributed by atoms with Crippen molar-refractivity contribution in [1.29, 1.82) is 0 Å². The fraction of sp³-hybridized carbons (Fsp3) is 0.217. The van der Waals surface area contributed by atoms with Crippen molar-refractivity contribution in [2.24, 2.45) is 5.73 Å². The van der Waals surface area contributed by atoms with E-state index in [-0.39, 0.29) is 0 Å². The first-order valence-corrected chi connectivity index (χ1v) is 12.4. The summed E-state index contributed by atoms with van der Waals surface area (Å²) in [6.45, 7) is 0.617. The Kier molecular flexibility index (Phi) is 6.47. The maximum absolute atomic E-state index is 6.72. The Morgan fingerprint density at radius 1 is 1.03 bits per heavy atom. The molecule has 0 saturated heterocycles. The number of rotatable bonds is 9. The van der Waals surface area contributed by atoms with Gasteiger partial charge in [0.2, 0.25) is 0 Å². The zero-order chi connectivity index (χ0) is 22.5. The van der Waals surface area contributed by atoms with Gasteiger partial charge in [-0.15, -0.1) is 0 Å². The third kappa shape index (κ3) is 5.47. The first-order valence-electron chi connectivity index (χ1n) is 10.6. The van der Waals surface area contributed by atoms with Crippen molar-refractivity contribution in [3.63, 3.8) is 0 Å². The Morgan fingerprint density at radius 2 is 1.91 bits per heavy atom. The van der Waals surface area contributed by atoms with Gasteiger partial charge in [-0.1, -0.05) is 59.9 Å². The van der Waals surface area contributed by atoms with E-state index in [0.717, 1.165) is 40.0 Å². The zero-order valence-corrected chi connectivity index (χ0v) is 19.5. The summed E-state index contributed by atoms with van der Waals surface area (Å²) in [6.07, 6.45) is 8.63. The molecule has 0 fully saturated rings. The highest BCUT2D eigenvalue weighted by atomic mass is 32.2. The van der Waals surface area contributed by atoms with Gasteiger partial charge in [-0.2, -0.15) is 0 Å². The van der Waals surface area contributed by atoms with Crippen LogP contribution in [-0.4, -0.2) is 29.9 Å². The number of nitrogens with two attached hydrogens (primary N) is 1. The molecule has 0 amide bonds. The number of pyridine rings is 1. The van der Waals surface area contributed by atoms with Gasteiger partial charge in [-0.25, -0.2) is 15.0 Å². The van der Waals surface area contributed by atoms with Crippen LogP contribution < -0.4 is 16.4 Å². The molecule has 8 nitrogen and oxygen atoms in total. The van der Waals surface area contributed by atoms with Crippen LogP contribution >= 0.6 is 23.5 Å². The van der Waals surface area contributed by atoms with E-state index in [1.165, 1.54) is 5.56 Å². The topological polar surface area (TPSA) is 117 Å². The summed E-state index contributed by atoms with van der Waals surface area (Å²) in [5.41, 5.74) is 10.1. The SMILES string of the molecule is NC1(CCc2cnc[nH]2)Nc2nc(SCc3ccccc3)nc(NCc3cccnc3)c2S1. The maximum atomic E-state index is 6.72. The fourth-order valence-corrected chi connectivity index (χ4v) is 5.39. The summed E-state index contributed by atoms with van der Waals surface area (Å²) in [6, 6.07) is 14.3. The van der Waals surface area contributed by atoms with Gasteiger partial charge in [0.05, 0.1) is 11.2 Å². The van der Waals surface area contributed by atoms with Crippen molar-refractivity contribution in [1.82, 2.24) is 24.9 Å². The molecular weight excluding hydrogens is 452 g/mol. The number of thioether (sulfide) groups is 2. The molecule has 5 rings (SSSR count). The lowest BCUT2D eigenvalue weighted by Gasteiger charge is -2.23. The molecule has 0 bridgehead atoms. The second-order valence-corrected chi connectivity index (χ2v) is 10.00. The summed E-state index contributed by atoms with van der Waals surface area (Å²) < 4.78 is 0. The summed E-state index contributed by atoms with van der Waals surface area (Å²) in [7, 11) is 0. The molecule has 3 aromatic heterocycles. The van der Waals surface area contributed by atoms with E-state index in [1.807, 2.05) is 42.7 Å². The largest absolute Gasteiger partial charge is 0.365 e. The van der Waals surface area contributed by atoms with Crippen LogP contribution in [0.5, 0.6) is 0 Å². The highest BCUT2D eigenvalue weighted by molar-refractivity contribution is 8.01. The maximum Gasteiger partial charge on any atom is 0.191 e. The molecule has 1 aromatic carbocycles. The molecule has 4 aromatic rings. The Hall–Kier alpha value is -3.08. The molecule has 1 unspecified atom stereocenters. The predicted molar refractivity (Wildman–Crippen MR) is 133 cm³/mol. The number of nitrogens with zero attached hydrogens (tertiary/aromatic N) is 4. The molecular formula is C23H24N8S2. The lowest BCUT2D eigenvalue weighted by Crippen LogP contribution is -2.42. The van der Waals surface area contributed by atoms with Gasteiger partial charge < -0.3 is 15.6 Å². The van der Waals surface area contributed by atoms with E-state index in [9.17, 15) is 0 Å². The number of nitrogens with one attached hydrogen (secondary N) is 3. The smallest absolute Gasteiger partial charge is 0.191 e. The lowest BCUT2D eigenvalue weighted by molar-refractivity contribution is 0.625. The van der Waals surface area contributed by atoms with E-state index < -0.39 is 4.99 Å². The number of aromatic amines is 1. The van der Waals surface area contributed by atoms with Crippen LogP contribution in [0.15, 0.2) is 77.4 Å². The zero-order valence-electron chi connectivity index (χ0n) is 17.9. The van der Waals surface area contributed by atoms with Gasteiger partial charge in [0.25, 0.3) is 0 Å². The van der Waals surface area contributed by atoms with Crippen molar-refractivity contribution < 1.29 is 0 Å². The predicted octanol–water partition coefficient (Wildman–Crippen LogP) is 4.26. The minimum absolute atomic E-state index is 0.617. The molecule has 1 aliphatic heterocycles. The van der Waals surface area contributed by atoms with Crippen molar-refractivity contribution in [2.45, 2.75) is 40.2 Å². The minimum atomic E-state index is -0.671. The van der Waals surface area contributed by atoms with Crippen LogP contribution in [0, 0.1) is 0 Å². The average Bonchev–Trinajstić information content (AvgIpc) is 3.49. The monoisotopic (exact) mass is 476 g/mol. The number of imidazole rings is 1. The van der Waals surface area contributed by atoms with Crippen molar-refractivity contribution in [3.8, 4) is 0 Å². The first-order chi connectivity index (χ1) is 16.2. The number of benzene rings is 1. The molecule has 10 heteroatoms. The number of anilines is 2. The molecule has 1 atom stereocenters. The van der Waals surface area contributed by atoms with E-state index in [4.69, 9.17) is 15.7 Å². The van der Waals surface area contributed by atoms with Gasteiger partial charge in [0, 0.05) is 36.6 Å². The standard InChI is InChI=1S/C23H24N8S2/c24-23(9-8-18-13-26-15-28-18)31-21-19(33-23)20(27-12-17-7-4-10-25-11-17)29-22(30-21)32-14-16-5-2-1-3-6-16/h1-7,10-11,13,15H,8-9,12,14,24H2,(H,26,28)(H2,27,29,30,31). The Labute approximate surface area is 200 Å². The first kappa shape index (κ1) is 21.7. The normalized spacial score (nSPS) is 16.9. The van der Waals surface area contributed by atoms with Crippen LogP contribution in [0.25, 0.3) is 0 Å². The molecule has 0 spiro atoms. The number of aromatic nitrogens is 5. The summed E-state index contributed by atoms with van der Waals surface area (Å²) in [4.78, 5) is 21.3. The van der Waals surface area contributed by atoms with Crippen LogP contribution in [0.3, 0.4) is 0 Å². The quantitative estimate of drug-likeness (QED) is 0.208. The Balaban J connectivity index is 1.36. The molecule has 0 saturated carbocycles. The molecule has 0 aliphatic carbocycles. The molecule has 168 valence electrons. The van der Waals surface area contributed by atoms with Gasteiger partial charge in [-0.3, -0.25) is 10.7 Å². The van der Waals surface area contributed by atoms with Gasteiger partial charge in [0.15, 0.2) is 5.16 Å². The number of fused-ring (bicyclic) bond motifs is 1. The van der Waals surface area contributed by atoms with E-state index in [2.05, 4.69) is 37.7 Å². The van der Waals surface area contributed by atoms with Gasteiger partial charge >= 0.3 is 0 Å². The fourth-order valence-electron chi connectivity index (χ4n) is 3.47. The van der Waals surface area contributed by atoms with E-state index in [0.29, 0.717) is 18.1 Å². The number of hydrogen-bond donors (Lipinski definition) is 4. The van der Waals surface area contributed by atoms with E-state index >= 15 is 0 Å². The van der Waals surface area contributed by atoms with Crippen molar-refractivity contribution in [3.05, 3.63) is 84.2 Å². The molecule has 5 N–H and O–H groups in total. The third-order valence-electron chi connectivity index (χ3n) is 5.17. The highest BCUT2D eigenvalue weighted by Crippen LogP contribution is 2.47. The molecule has 33 heavy (non-hydrogen) atoms. The number of H-pyrrole nitrogens is 1. The minimum Gasteiger partial charge on any atom is -0.365 e. The summed E-state index contributed by atoms with van der Waals surface area (Å²) >= 11 is 3.17. The van der Waals surface area contributed by atoms with Gasteiger partial charge in [-0.05, 0) is 30.0 Å². The van der Waals surface area contributed by atoms with Crippen molar-refractivity contribution in [2.75, 3.05) is 10.6 Å². The number of aryl methyl sites for hydroxylation is 1. The number of hydrogen-bond acceptors (Lipinski definition) is 9. The van der Waals surface area contributed by atoms with Crippen LogP contribution in [-0.2, 0) is 18.7 Å². The summed E-state index contributed by atoms with van der Waals surface area (Å²) in [5, 5.41) is 7.62. The second kappa shape index (κ2) is 9.82. The summed E-state index contributed by atoms with van der Waals surface area (Å²) in [5.74, 6) is 2.35. The van der Waals surface area contributed by atoms with E-state index in [1.54, 1.807) is 36.0 Å². The molecule has 4 heterocycles. The third-order valence-corrected chi connectivity index (χ3v) is 7.35. The van der Waals surface area contributed by atoms with Crippen LogP contribution in [0.2, 0.25) is 0 Å².